The maximum Gasteiger partial charge on any atom is 0.228 e. The van der Waals surface area contributed by atoms with Gasteiger partial charge in [-0.1, -0.05) is 13.8 Å². The Morgan fingerprint density at radius 1 is 1.17 bits per heavy atom. The van der Waals surface area contributed by atoms with Crippen LogP contribution in [-0.4, -0.2) is 32.6 Å². The van der Waals surface area contributed by atoms with Gasteiger partial charge in [0.1, 0.15) is 11.5 Å². The van der Waals surface area contributed by atoms with Crippen LogP contribution in [0.25, 0.3) is 0 Å². The van der Waals surface area contributed by atoms with Gasteiger partial charge in [0.15, 0.2) is 0 Å². The number of rotatable bonds is 8. The first kappa shape index (κ1) is 18.1. The third-order valence-electron chi connectivity index (χ3n) is 4.15. The van der Waals surface area contributed by atoms with E-state index in [1.807, 2.05) is 0 Å². The Kier molecular flexibility index (Phi) is 6.06. The van der Waals surface area contributed by atoms with Gasteiger partial charge in [0, 0.05) is 12.6 Å². The average Bonchev–Trinajstić information content (AvgIpc) is 3.35. The number of amides is 2. The molecule has 2 rings (SSSR count). The molecular formula is C18H26N2O4. The Labute approximate surface area is 142 Å². The van der Waals surface area contributed by atoms with Crippen LogP contribution in [0.3, 0.4) is 0 Å². The number of carbonyl (C=O) groups is 2. The van der Waals surface area contributed by atoms with E-state index < -0.39 is 0 Å². The number of anilines is 1. The highest BCUT2D eigenvalue weighted by molar-refractivity contribution is 6.00. The smallest absolute Gasteiger partial charge is 0.228 e. The molecule has 0 aliphatic heterocycles. The normalized spacial score (nSPS) is 18.9. The summed E-state index contributed by atoms with van der Waals surface area (Å²) in [6.45, 7) is 4.88. The second-order valence-electron chi connectivity index (χ2n) is 6.48. The van der Waals surface area contributed by atoms with E-state index in [4.69, 9.17) is 9.47 Å². The quantitative estimate of drug-likeness (QED) is 0.765. The monoisotopic (exact) mass is 334 g/mol. The zero-order valence-electron chi connectivity index (χ0n) is 14.7. The summed E-state index contributed by atoms with van der Waals surface area (Å²) in [7, 11) is 3.10. The molecule has 24 heavy (non-hydrogen) atoms. The van der Waals surface area contributed by atoms with Crippen LogP contribution in [0, 0.1) is 17.8 Å². The lowest BCUT2D eigenvalue weighted by Gasteiger charge is -2.12. The molecule has 0 radical (unpaired) electrons. The number of nitrogens with one attached hydrogen (secondary N) is 2. The van der Waals surface area contributed by atoms with E-state index in [0.29, 0.717) is 36.1 Å². The predicted molar refractivity (Wildman–Crippen MR) is 92.2 cm³/mol. The average molecular weight is 334 g/mol. The number of ether oxygens (including phenoxy) is 2. The van der Waals surface area contributed by atoms with Crippen molar-refractivity contribution in [1.82, 2.24) is 5.32 Å². The summed E-state index contributed by atoms with van der Waals surface area (Å²) in [5.41, 5.74) is 0.549. The maximum atomic E-state index is 12.4. The number of carbonyl (C=O) groups excluding carboxylic acids is 2. The standard InChI is InChI=1S/C18H26N2O4/c1-11(2)7-8-19-17(21)13-10-14(13)18(22)20-15-9-12(23-3)5-6-16(15)24-4/h5-6,9,11,13-14H,7-8,10H2,1-4H3,(H,19,21)(H,20,22). The van der Waals surface area contributed by atoms with E-state index in [2.05, 4.69) is 24.5 Å². The summed E-state index contributed by atoms with van der Waals surface area (Å²) >= 11 is 0. The summed E-state index contributed by atoms with van der Waals surface area (Å²) < 4.78 is 10.4. The van der Waals surface area contributed by atoms with Crippen molar-refractivity contribution in [2.24, 2.45) is 17.8 Å². The van der Waals surface area contributed by atoms with Gasteiger partial charge in [-0.25, -0.2) is 0 Å². The maximum absolute atomic E-state index is 12.4. The third kappa shape index (κ3) is 4.63. The molecule has 1 saturated carbocycles. The minimum atomic E-state index is -0.278. The zero-order chi connectivity index (χ0) is 17.7. The second kappa shape index (κ2) is 8.04. The molecule has 0 heterocycles. The molecule has 2 unspecified atom stereocenters. The Balaban J connectivity index is 1.89. The molecule has 2 atom stereocenters. The summed E-state index contributed by atoms with van der Waals surface area (Å²) in [4.78, 5) is 24.4. The number of methoxy groups -OCH3 is 2. The number of hydrogen-bond acceptors (Lipinski definition) is 4. The van der Waals surface area contributed by atoms with Crippen molar-refractivity contribution >= 4 is 17.5 Å². The molecule has 132 valence electrons. The van der Waals surface area contributed by atoms with Crippen LogP contribution in [-0.2, 0) is 9.59 Å². The molecular weight excluding hydrogens is 308 g/mol. The van der Waals surface area contributed by atoms with Crippen LogP contribution in [0.15, 0.2) is 18.2 Å². The fourth-order valence-corrected chi connectivity index (χ4v) is 2.53. The predicted octanol–water partition coefficient (Wildman–Crippen LogP) is 2.44. The van der Waals surface area contributed by atoms with Gasteiger partial charge in [0.2, 0.25) is 11.8 Å². The Bertz CT molecular complexity index is 601. The molecule has 6 heteroatoms. The molecule has 0 aromatic heterocycles. The fraction of sp³-hybridized carbons (Fsp3) is 0.556. The van der Waals surface area contributed by atoms with Crippen LogP contribution in [0.5, 0.6) is 11.5 Å². The van der Waals surface area contributed by atoms with E-state index in [-0.39, 0.29) is 23.7 Å². The van der Waals surface area contributed by atoms with Crippen LogP contribution in [0.2, 0.25) is 0 Å². The van der Waals surface area contributed by atoms with Gasteiger partial charge in [-0.05, 0) is 30.9 Å². The molecule has 6 nitrogen and oxygen atoms in total. The van der Waals surface area contributed by atoms with Gasteiger partial charge in [0.05, 0.1) is 31.7 Å². The number of hydrogen-bond donors (Lipinski definition) is 2. The van der Waals surface area contributed by atoms with E-state index >= 15 is 0 Å². The minimum absolute atomic E-state index is 0.0339. The lowest BCUT2D eigenvalue weighted by atomic mass is 10.1. The Hall–Kier alpha value is -2.24. The molecule has 1 aliphatic rings. The van der Waals surface area contributed by atoms with Crippen molar-refractivity contribution in [1.29, 1.82) is 0 Å². The summed E-state index contributed by atoms with van der Waals surface area (Å²) in [6, 6.07) is 5.20. The first-order valence-corrected chi connectivity index (χ1v) is 8.26. The molecule has 0 spiro atoms. The van der Waals surface area contributed by atoms with E-state index in [9.17, 15) is 9.59 Å². The molecule has 0 bridgehead atoms. The third-order valence-corrected chi connectivity index (χ3v) is 4.15. The molecule has 1 fully saturated rings. The van der Waals surface area contributed by atoms with Gasteiger partial charge >= 0.3 is 0 Å². The van der Waals surface area contributed by atoms with Crippen LogP contribution in [0.4, 0.5) is 5.69 Å². The highest BCUT2D eigenvalue weighted by atomic mass is 16.5. The van der Waals surface area contributed by atoms with Gasteiger partial charge in [-0.2, -0.15) is 0 Å². The molecule has 0 saturated heterocycles. The largest absolute Gasteiger partial charge is 0.497 e. The van der Waals surface area contributed by atoms with Gasteiger partial charge in [-0.15, -0.1) is 0 Å². The van der Waals surface area contributed by atoms with Crippen LogP contribution < -0.4 is 20.1 Å². The minimum Gasteiger partial charge on any atom is -0.497 e. The highest BCUT2D eigenvalue weighted by Gasteiger charge is 2.48. The molecule has 1 aromatic rings. The molecule has 1 aromatic carbocycles. The molecule has 2 N–H and O–H groups in total. The van der Waals surface area contributed by atoms with Gasteiger partial charge in [-0.3, -0.25) is 9.59 Å². The fourth-order valence-electron chi connectivity index (χ4n) is 2.53. The van der Waals surface area contributed by atoms with Crippen molar-refractivity contribution in [3.8, 4) is 11.5 Å². The van der Waals surface area contributed by atoms with E-state index in [0.717, 1.165) is 6.42 Å². The summed E-state index contributed by atoms with van der Waals surface area (Å²) in [5, 5.41) is 5.74. The van der Waals surface area contributed by atoms with Crippen molar-refractivity contribution in [2.75, 3.05) is 26.1 Å². The highest BCUT2D eigenvalue weighted by Crippen LogP contribution is 2.40. The van der Waals surface area contributed by atoms with E-state index in [1.54, 1.807) is 32.4 Å². The van der Waals surface area contributed by atoms with E-state index in [1.165, 1.54) is 0 Å². The SMILES string of the molecule is COc1ccc(OC)c(NC(=O)C2CC2C(=O)NCCC(C)C)c1. The van der Waals surface area contributed by atoms with Crippen LogP contribution >= 0.6 is 0 Å². The second-order valence-corrected chi connectivity index (χ2v) is 6.48. The first-order chi connectivity index (χ1) is 11.5. The van der Waals surface area contributed by atoms with Gasteiger partial charge < -0.3 is 20.1 Å². The zero-order valence-corrected chi connectivity index (χ0v) is 14.7. The van der Waals surface area contributed by atoms with Gasteiger partial charge in [0.25, 0.3) is 0 Å². The number of benzene rings is 1. The lowest BCUT2D eigenvalue weighted by molar-refractivity contribution is -0.125. The summed E-state index contributed by atoms with van der Waals surface area (Å²) in [6.07, 6.45) is 1.53. The van der Waals surface area contributed by atoms with Crippen molar-refractivity contribution in [3.05, 3.63) is 18.2 Å². The molecule has 1 aliphatic carbocycles. The Morgan fingerprint density at radius 2 is 1.88 bits per heavy atom. The van der Waals surface area contributed by atoms with Crippen LogP contribution in [0.1, 0.15) is 26.7 Å². The Morgan fingerprint density at radius 3 is 2.50 bits per heavy atom. The van der Waals surface area contributed by atoms with Crippen molar-refractivity contribution < 1.29 is 19.1 Å². The summed E-state index contributed by atoms with van der Waals surface area (Å²) in [5.74, 6) is 1.03. The first-order valence-electron chi connectivity index (χ1n) is 8.26. The lowest BCUT2D eigenvalue weighted by Crippen LogP contribution is -2.28. The topological polar surface area (TPSA) is 76.7 Å². The van der Waals surface area contributed by atoms with Crippen molar-refractivity contribution in [2.45, 2.75) is 26.7 Å². The molecule has 2 amide bonds. The van der Waals surface area contributed by atoms with Crippen molar-refractivity contribution in [3.63, 3.8) is 0 Å².